The highest BCUT2D eigenvalue weighted by Gasteiger charge is 2.41. The standard InChI is InChI=1S/C13H17ClF4N2O/c1-8(2)4-19-5-9-3-11(20-6-10(9)14)21-7-13(17,18)12(15)16/h3,6,8,12,19H,4-5,7H2,1-2H3. The van der Waals surface area contributed by atoms with Crippen LogP contribution >= 0.6 is 11.6 Å². The molecule has 0 saturated carbocycles. The van der Waals surface area contributed by atoms with Crippen molar-refractivity contribution in [2.45, 2.75) is 32.7 Å². The van der Waals surface area contributed by atoms with Crippen LogP contribution in [0.2, 0.25) is 5.02 Å². The fraction of sp³-hybridized carbons (Fsp3) is 0.615. The van der Waals surface area contributed by atoms with Crippen LogP contribution in [0.1, 0.15) is 19.4 Å². The smallest absolute Gasteiger partial charge is 0.340 e. The van der Waals surface area contributed by atoms with Gasteiger partial charge in [-0.3, -0.25) is 0 Å². The van der Waals surface area contributed by atoms with E-state index in [1.807, 2.05) is 13.8 Å². The highest BCUT2D eigenvalue weighted by Crippen LogP contribution is 2.25. The molecule has 0 aliphatic rings. The monoisotopic (exact) mass is 328 g/mol. The summed E-state index contributed by atoms with van der Waals surface area (Å²) in [4.78, 5) is 3.68. The van der Waals surface area contributed by atoms with E-state index in [4.69, 9.17) is 11.6 Å². The predicted octanol–water partition coefficient (Wildman–Crippen LogP) is 3.76. The normalized spacial score (nSPS) is 12.2. The minimum absolute atomic E-state index is 0.166. The number of hydrogen-bond acceptors (Lipinski definition) is 3. The van der Waals surface area contributed by atoms with Gasteiger partial charge in [0.15, 0.2) is 6.61 Å². The summed E-state index contributed by atoms with van der Waals surface area (Å²) in [5.74, 6) is -3.94. The number of rotatable bonds is 8. The van der Waals surface area contributed by atoms with Gasteiger partial charge < -0.3 is 10.1 Å². The number of hydrogen-bond donors (Lipinski definition) is 1. The molecule has 0 aliphatic heterocycles. The number of nitrogens with one attached hydrogen (secondary N) is 1. The summed E-state index contributed by atoms with van der Waals surface area (Å²) in [5.41, 5.74) is 0.600. The molecule has 21 heavy (non-hydrogen) atoms. The molecule has 0 saturated heterocycles. The van der Waals surface area contributed by atoms with Crippen LogP contribution in [0.5, 0.6) is 5.88 Å². The quantitative estimate of drug-likeness (QED) is 0.738. The van der Waals surface area contributed by atoms with Gasteiger partial charge in [-0.2, -0.15) is 8.78 Å². The van der Waals surface area contributed by atoms with Crippen molar-refractivity contribution in [3.05, 3.63) is 22.8 Å². The second-order valence-electron chi connectivity index (χ2n) is 4.99. The van der Waals surface area contributed by atoms with Crippen molar-refractivity contribution in [2.75, 3.05) is 13.2 Å². The summed E-state index contributed by atoms with van der Waals surface area (Å²) in [6.07, 6.45) is -2.54. The Morgan fingerprint density at radius 3 is 2.62 bits per heavy atom. The van der Waals surface area contributed by atoms with Gasteiger partial charge in [-0.1, -0.05) is 25.4 Å². The lowest BCUT2D eigenvalue weighted by Crippen LogP contribution is -2.33. The number of alkyl halides is 4. The second-order valence-corrected chi connectivity index (χ2v) is 5.40. The van der Waals surface area contributed by atoms with Crippen LogP contribution in [0.25, 0.3) is 0 Å². The zero-order valence-corrected chi connectivity index (χ0v) is 12.4. The Kier molecular flexibility index (Phi) is 6.67. The SMILES string of the molecule is CC(C)CNCc1cc(OCC(F)(F)C(F)F)ncc1Cl. The fourth-order valence-electron chi connectivity index (χ4n) is 1.40. The maximum absolute atomic E-state index is 12.8. The molecule has 0 spiro atoms. The van der Waals surface area contributed by atoms with Gasteiger partial charge in [0.05, 0.1) is 5.02 Å². The van der Waals surface area contributed by atoms with Gasteiger partial charge in [-0.05, 0) is 18.0 Å². The maximum Gasteiger partial charge on any atom is 0.340 e. The van der Waals surface area contributed by atoms with Crippen molar-refractivity contribution >= 4 is 11.6 Å². The van der Waals surface area contributed by atoms with Crippen LogP contribution in [0.4, 0.5) is 17.6 Å². The number of ether oxygens (including phenoxy) is 1. The summed E-state index contributed by atoms with van der Waals surface area (Å²) >= 11 is 5.93. The van der Waals surface area contributed by atoms with E-state index >= 15 is 0 Å². The first kappa shape index (κ1) is 18.0. The lowest BCUT2D eigenvalue weighted by molar-refractivity contribution is -0.148. The largest absolute Gasteiger partial charge is 0.471 e. The van der Waals surface area contributed by atoms with E-state index in [9.17, 15) is 17.6 Å². The van der Waals surface area contributed by atoms with E-state index in [0.717, 1.165) is 6.54 Å². The van der Waals surface area contributed by atoms with Gasteiger partial charge in [-0.25, -0.2) is 13.8 Å². The van der Waals surface area contributed by atoms with Crippen molar-refractivity contribution < 1.29 is 22.3 Å². The molecule has 0 atom stereocenters. The first-order valence-corrected chi connectivity index (χ1v) is 6.74. The van der Waals surface area contributed by atoms with E-state index in [0.29, 0.717) is 23.0 Å². The Balaban J connectivity index is 2.64. The molecule has 120 valence electrons. The molecule has 1 aromatic rings. The van der Waals surface area contributed by atoms with Crippen LogP contribution in [0.3, 0.4) is 0 Å². The number of aromatic nitrogens is 1. The highest BCUT2D eigenvalue weighted by molar-refractivity contribution is 6.31. The molecule has 1 heterocycles. The fourth-order valence-corrected chi connectivity index (χ4v) is 1.57. The van der Waals surface area contributed by atoms with E-state index in [1.54, 1.807) is 0 Å². The maximum atomic E-state index is 12.8. The van der Waals surface area contributed by atoms with Crippen molar-refractivity contribution in [3.63, 3.8) is 0 Å². The van der Waals surface area contributed by atoms with E-state index < -0.39 is 19.0 Å². The summed E-state index contributed by atoms with van der Waals surface area (Å²) < 4.78 is 54.2. The Morgan fingerprint density at radius 1 is 1.38 bits per heavy atom. The first-order chi connectivity index (χ1) is 9.72. The molecule has 1 aromatic heterocycles. The lowest BCUT2D eigenvalue weighted by Gasteiger charge is -2.16. The zero-order valence-electron chi connectivity index (χ0n) is 11.7. The van der Waals surface area contributed by atoms with Crippen LogP contribution in [-0.2, 0) is 6.54 Å². The third-order valence-electron chi connectivity index (χ3n) is 2.51. The molecule has 0 aliphatic carbocycles. The number of halogens is 5. The predicted molar refractivity (Wildman–Crippen MR) is 72.2 cm³/mol. The van der Waals surface area contributed by atoms with Crippen LogP contribution in [0, 0.1) is 5.92 Å². The molecule has 0 unspecified atom stereocenters. The van der Waals surface area contributed by atoms with E-state index in [-0.39, 0.29) is 5.88 Å². The molecule has 3 nitrogen and oxygen atoms in total. The van der Waals surface area contributed by atoms with Gasteiger partial charge in [0.25, 0.3) is 0 Å². The summed E-state index contributed by atoms with van der Waals surface area (Å²) in [6, 6.07) is 1.36. The molecule has 8 heteroatoms. The third-order valence-corrected chi connectivity index (χ3v) is 2.85. The second kappa shape index (κ2) is 7.79. The minimum Gasteiger partial charge on any atom is -0.471 e. The molecular weight excluding hydrogens is 312 g/mol. The number of pyridine rings is 1. The van der Waals surface area contributed by atoms with Crippen molar-refractivity contribution in [3.8, 4) is 5.88 Å². The van der Waals surface area contributed by atoms with Gasteiger partial charge in [-0.15, -0.1) is 0 Å². The molecule has 1 rings (SSSR count). The molecule has 1 N–H and O–H groups in total. The average molecular weight is 329 g/mol. The molecule has 0 aromatic carbocycles. The lowest BCUT2D eigenvalue weighted by atomic mass is 10.2. The molecule has 0 fully saturated rings. The van der Waals surface area contributed by atoms with Crippen LogP contribution in [0.15, 0.2) is 12.3 Å². The van der Waals surface area contributed by atoms with Gasteiger partial charge >= 0.3 is 12.3 Å². The third kappa shape index (κ3) is 6.05. The van der Waals surface area contributed by atoms with Crippen LogP contribution in [-0.4, -0.2) is 30.5 Å². The van der Waals surface area contributed by atoms with Crippen molar-refractivity contribution in [1.29, 1.82) is 0 Å². The Labute approximate surface area is 125 Å². The van der Waals surface area contributed by atoms with Gasteiger partial charge in [0.1, 0.15) is 0 Å². The molecule has 0 amide bonds. The minimum atomic E-state index is -4.21. The summed E-state index contributed by atoms with van der Waals surface area (Å²) in [7, 11) is 0. The number of nitrogens with zero attached hydrogens (tertiary/aromatic N) is 1. The van der Waals surface area contributed by atoms with Gasteiger partial charge in [0.2, 0.25) is 5.88 Å². The summed E-state index contributed by atoms with van der Waals surface area (Å²) in [5, 5.41) is 3.47. The topological polar surface area (TPSA) is 34.1 Å². The molecule has 0 radical (unpaired) electrons. The average Bonchev–Trinajstić information content (AvgIpc) is 2.38. The Bertz CT molecular complexity index is 458. The first-order valence-electron chi connectivity index (χ1n) is 6.36. The molecule has 0 bridgehead atoms. The molecular formula is C13H17ClF4N2O. The Hall–Kier alpha value is -1.08. The van der Waals surface area contributed by atoms with Crippen LogP contribution < -0.4 is 10.1 Å². The van der Waals surface area contributed by atoms with Crippen molar-refractivity contribution in [2.24, 2.45) is 5.92 Å². The highest BCUT2D eigenvalue weighted by atomic mass is 35.5. The van der Waals surface area contributed by atoms with E-state index in [2.05, 4.69) is 15.0 Å². The van der Waals surface area contributed by atoms with Gasteiger partial charge in [0, 0.05) is 18.8 Å². The Morgan fingerprint density at radius 2 is 2.05 bits per heavy atom. The zero-order chi connectivity index (χ0) is 16.0. The summed E-state index contributed by atoms with van der Waals surface area (Å²) in [6.45, 7) is 3.78. The van der Waals surface area contributed by atoms with E-state index in [1.165, 1.54) is 12.3 Å². The van der Waals surface area contributed by atoms with Crippen molar-refractivity contribution in [1.82, 2.24) is 10.3 Å².